The third kappa shape index (κ3) is 2.98. The first-order valence-corrected chi connectivity index (χ1v) is 7.61. The van der Waals surface area contributed by atoms with E-state index in [1.165, 1.54) is 0 Å². The lowest BCUT2D eigenvalue weighted by atomic mass is 10.2. The molecule has 1 aromatic heterocycles. The van der Waals surface area contributed by atoms with Gasteiger partial charge in [0, 0.05) is 6.54 Å². The van der Waals surface area contributed by atoms with Crippen LogP contribution in [0.3, 0.4) is 0 Å². The van der Waals surface area contributed by atoms with Gasteiger partial charge in [-0.05, 0) is 44.5 Å². The van der Waals surface area contributed by atoms with Crippen LogP contribution in [0.1, 0.15) is 18.2 Å². The van der Waals surface area contributed by atoms with Gasteiger partial charge in [-0.25, -0.2) is 0 Å². The summed E-state index contributed by atoms with van der Waals surface area (Å²) >= 11 is 0. The number of fused-ring (bicyclic) bond motifs is 1. The van der Waals surface area contributed by atoms with Crippen LogP contribution in [0.15, 0.2) is 30.3 Å². The summed E-state index contributed by atoms with van der Waals surface area (Å²) in [5.74, 6) is 2.50. The first-order chi connectivity index (χ1) is 10.7. The van der Waals surface area contributed by atoms with Crippen molar-refractivity contribution in [3.05, 3.63) is 41.6 Å². The molecule has 5 nitrogen and oxygen atoms in total. The summed E-state index contributed by atoms with van der Waals surface area (Å²) in [6, 6.07) is 9.84. The van der Waals surface area contributed by atoms with Crippen molar-refractivity contribution in [3.63, 3.8) is 0 Å². The fourth-order valence-corrected chi connectivity index (χ4v) is 2.47. The SMILES string of the molecule is CCN(CC1COc2ccccc2O1)c1cc(C)c(C)nn1. The van der Waals surface area contributed by atoms with Gasteiger partial charge in [-0.1, -0.05) is 12.1 Å². The second-order valence-electron chi connectivity index (χ2n) is 5.51. The van der Waals surface area contributed by atoms with Gasteiger partial charge in [0.2, 0.25) is 0 Å². The molecule has 2 aromatic rings. The maximum atomic E-state index is 6.02. The number of nitrogens with zero attached hydrogens (tertiary/aromatic N) is 3. The lowest BCUT2D eigenvalue weighted by molar-refractivity contribution is 0.0952. The number of likely N-dealkylation sites (N-methyl/N-ethyl adjacent to an activating group) is 1. The molecule has 1 aromatic carbocycles. The maximum Gasteiger partial charge on any atom is 0.161 e. The van der Waals surface area contributed by atoms with Gasteiger partial charge in [-0.2, -0.15) is 5.10 Å². The van der Waals surface area contributed by atoms with E-state index in [4.69, 9.17) is 9.47 Å². The van der Waals surface area contributed by atoms with Crippen LogP contribution in [-0.4, -0.2) is 36.0 Å². The fourth-order valence-electron chi connectivity index (χ4n) is 2.47. The predicted molar refractivity (Wildman–Crippen MR) is 85.7 cm³/mol. The van der Waals surface area contributed by atoms with E-state index < -0.39 is 0 Å². The highest BCUT2D eigenvalue weighted by Gasteiger charge is 2.23. The van der Waals surface area contributed by atoms with Gasteiger partial charge < -0.3 is 14.4 Å². The maximum absolute atomic E-state index is 6.02. The predicted octanol–water partition coefficient (Wildman–Crippen LogP) is 2.76. The third-order valence-electron chi connectivity index (χ3n) is 3.92. The molecule has 1 atom stereocenters. The largest absolute Gasteiger partial charge is 0.486 e. The smallest absolute Gasteiger partial charge is 0.161 e. The van der Waals surface area contributed by atoms with Crippen molar-refractivity contribution in [1.29, 1.82) is 0 Å². The first kappa shape index (κ1) is 14.6. The second kappa shape index (κ2) is 6.22. The van der Waals surface area contributed by atoms with E-state index in [-0.39, 0.29) is 6.10 Å². The fraction of sp³-hybridized carbons (Fsp3) is 0.412. The van der Waals surface area contributed by atoms with Crippen molar-refractivity contribution in [3.8, 4) is 11.5 Å². The molecule has 22 heavy (non-hydrogen) atoms. The summed E-state index contributed by atoms with van der Waals surface area (Å²) in [7, 11) is 0. The zero-order chi connectivity index (χ0) is 15.5. The van der Waals surface area contributed by atoms with Crippen LogP contribution in [0.25, 0.3) is 0 Å². The minimum atomic E-state index is -0.0155. The molecule has 3 rings (SSSR count). The van der Waals surface area contributed by atoms with Gasteiger partial charge in [0.05, 0.1) is 12.2 Å². The Morgan fingerprint density at radius 1 is 1.18 bits per heavy atom. The Hall–Kier alpha value is -2.30. The summed E-state index contributed by atoms with van der Waals surface area (Å²) in [6.45, 7) is 8.25. The molecule has 5 heteroatoms. The Kier molecular flexibility index (Phi) is 4.13. The van der Waals surface area contributed by atoms with E-state index in [9.17, 15) is 0 Å². The Morgan fingerprint density at radius 3 is 2.68 bits per heavy atom. The zero-order valence-electron chi connectivity index (χ0n) is 13.2. The average molecular weight is 299 g/mol. The van der Waals surface area contributed by atoms with Crippen molar-refractivity contribution >= 4 is 5.82 Å². The number of para-hydroxylation sites is 2. The van der Waals surface area contributed by atoms with Crippen molar-refractivity contribution in [1.82, 2.24) is 10.2 Å². The van der Waals surface area contributed by atoms with E-state index in [2.05, 4.69) is 35.0 Å². The van der Waals surface area contributed by atoms with Gasteiger partial charge in [0.25, 0.3) is 0 Å². The number of anilines is 1. The monoisotopic (exact) mass is 299 g/mol. The molecular weight excluding hydrogens is 278 g/mol. The first-order valence-electron chi connectivity index (χ1n) is 7.61. The number of hydrogen-bond acceptors (Lipinski definition) is 5. The molecule has 2 heterocycles. The van der Waals surface area contributed by atoms with Crippen molar-refractivity contribution < 1.29 is 9.47 Å². The molecule has 0 amide bonds. The van der Waals surface area contributed by atoms with E-state index >= 15 is 0 Å². The number of benzene rings is 1. The summed E-state index contributed by atoms with van der Waals surface area (Å²) in [4.78, 5) is 2.17. The van der Waals surface area contributed by atoms with Crippen LogP contribution < -0.4 is 14.4 Å². The van der Waals surface area contributed by atoms with Crippen molar-refractivity contribution in [2.75, 3.05) is 24.6 Å². The number of aryl methyl sites for hydroxylation is 2. The summed E-state index contributed by atoms with van der Waals surface area (Å²) in [5.41, 5.74) is 2.11. The van der Waals surface area contributed by atoms with Gasteiger partial charge in [-0.15, -0.1) is 5.10 Å². The highest BCUT2D eigenvalue weighted by atomic mass is 16.6. The van der Waals surface area contributed by atoms with Crippen LogP contribution in [-0.2, 0) is 0 Å². The van der Waals surface area contributed by atoms with Crippen LogP contribution in [0.2, 0.25) is 0 Å². The zero-order valence-corrected chi connectivity index (χ0v) is 13.2. The highest BCUT2D eigenvalue weighted by molar-refractivity contribution is 5.43. The minimum absolute atomic E-state index is 0.0155. The van der Waals surface area contributed by atoms with Crippen molar-refractivity contribution in [2.24, 2.45) is 0 Å². The molecular formula is C17H21N3O2. The molecule has 0 bridgehead atoms. The topological polar surface area (TPSA) is 47.5 Å². The lowest BCUT2D eigenvalue weighted by Crippen LogP contribution is -2.41. The Balaban J connectivity index is 1.72. The van der Waals surface area contributed by atoms with E-state index in [0.717, 1.165) is 41.7 Å². The number of rotatable bonds is 4. The molecule has 0 saturated heterocycles. The van der Waals surface area contributed by atoms with Gasteiger partial charge >= 0.3 is 0 Å². The molecule has 1 aliphatic rings. The Morgan fingerprint density at radius 2 is 1.95 bits per heavy atom. The van der Waals surface area contributed by atoms with Crippen molar-refractivity contribution in [2.45, 2.75) is 26.9 Å². The van der Waals surface area contributed by atoms with E-state index in [1.54, 1.807) is 0 Å². The molecule has 0 aliphatic carbocycles. The normalized spacial score (nSPS) is 16.4. The Labute approximate surface area is 130 Å². The van der Waals surface area contributed by atoms with Gasteiger partial charge in [0.15, 0.2) is 23.4 Å². The Bertz CT molecular complexity index is 660. The molecule has 116 valence electrons. The number of ether oxygens (including phenoxy) is 2. The standard InChI is InChI=1S/C17H21N3O2/c1-4-20(17-9-12(2)13(3)18-19-17)10-14-11-21-15-7-5-6-8-16(15)22-14/h5-9,14H,4,10-11H2,1-3H3. The molecule has 1 unspecified atom stereocenters. The summed E-state index contributed by atoms with van der Waals surface area (Å²) < 4.78 is 11.8. The molecule has 0 spiro atoms. The molecule has 0 radical (unpaired) electrons. The van der Waals surface area contributed by atoms with Crippen LogP contribution in [0.5, 0.6) is 11.5 Å². The molecule has 0 fully saturated rings. The van der Waals surface area contributed by atoms with Gasteiger partial charge in [-0.3, -0.25) is 0 Å². The summed E-state index contributed by atoms with van der Waals surface area (Å²) in [6.07, 6.45) is -0.0155. The highest BCUT2D eigenvalue weighted by Crippen LogP contribution is 2.31. The minimum Gasteiger partial charge on any atom is -0.486 e. The third-order valence-corrected chi connectivity index (χ3v) is 3.92. The average Bonchev–Trinajstić information content (AvgIpc) is 2.55. The van der Waals surface area contributed by atoms with Crippen LogP contribution in [0.4, 0.5) is 5.82 Å². The quantitative estimate of drug-likeness (QED) is 0.869. The van der Waals surface area contributed by atoms with Gasteiger partial charge in [0.1, 0.15) is 6.61 Å². The number of aromatic nitrogens is 2. The van der Waals surface area contributed by atoms with Crippen LogP contribution >= 0.6 is 0 Å². The number of hydrogen-bond donors (Lipinski definition) is 0. The second-order valence-corrected chi connectivity index (χ2v) is 5.51. The lowest BCUT2D eigenvalue weighted by Gasteiger charge is -2.31. The molecule has 0 N–H and O–H groups in total. The summed E-state index contributed by atoms with van der Waals surface area (Å²) in [5, 5.41) is 8.51. The molecule has 1 aliphatic heterocycles. The van der Waals surface area contributed by atoms with E-state index in [0.29, 0.717) is 6.61 Å². The molecule has 0 saturated carbocycles. The van der Waals surface area contributed by atoms with Crippen LogP contribution in [0, 0.1) is 13.8 Å². The van der Waals surface area contributed by atoms with E-state index in [1.807, 2.05) is 31.2 Å².